The van der Waals surface area contributed by atoms with Gasteiger partial charge >= 0.3 is 0 Å². The van der Waals surface area contributed by atoms with E-state index in [1.807, 2.05) is 0 Å². The minimum Gasteiger partial charge on any atom is -0.330 e. The molecule has 1 nitrogen and oxygen atoms in total. The molecule has 0 radical (unpaired) electrons. The van der Waals surface area contributed by atoms with Gasteiger partial charge in [-0.25, -0.2) is 0 Å². The fourth-order valence-corrected chi connectivity index (χ4v) is 3.13. The molecule has 0 saturated heterocycles. The lowest BCUT2D eigenvalue weighted by atomic mass is 9.84. The largest absolute Gasteiger partial charge is 0.330 e. The van der Waals surface area contributed by atoms with Crippen LogP contribution in [-0.4, -0.2) is 6.54 Å². The molecule has 1 aromatic rings. The number of halogens is 1. The molecule has 86 valence electrons. The van der Waals surface area contributed by atoms with Gasteiger partial charge in [0.1, 0.15) is 0 Å². The van der Waals surface area contributed by atoms with Gasteiger partial charge in [0.05, 0.1) is 0 Å². The first-order chi connectivity index (χ1) is 7.68. The molecule has 2 aliphatic carbocycles. The number of hydrogen-bond donors (Lipinski definition) is 1. The van der Waals surface area contributed by atoms with E-state index in [1.54, 1.807) is 0 Å². The average Bonchev–Trinajstić information content (AvgIpc) is 3.19. The van der Waals surface area contributed by atoms with E-state index >= 15 is 0 Å². The maximum atomic E-state index is 5.90. The van der Waals surface area contributed by atoms with E-state index < -0.39 is 0 Å². The molecular weight excluding hydrogens is 262 g/mol. The zero-order valence-electron chi connectivity index (χ0n) is 9.51. The van der Waals surface area contributed by atoms with Crippen molar-refractivity contribution in [3.05, 3.63) is 34.3 Å². The third-order valence-corrected chi connectivity index (χ3v) is 4.94. The van der Waals surface area contributed by atoms with E-state index in [2.05, 4.69) is 40.2 Å². The van der Waals surface area contributed by atoms with Crippen molar-refractivity contribution in [3.8, 4) is 0 Å². The third-order valence-electron chi connectivity index (χ3n) is 4.41. The Labute approximate surface area is 106 Å². The van der Waals surface area contributed by atoms with Crippen LogP contribution < -0.4 is 5.73 Å². The lowest BCUT2D eigenvalue weighted by Gasteiger charge is -2.22. The molecule has 2 N–H and O–H groups in total. The Balaban J connectivity index is 1.80. The molecule has 2 aliphatic rings. The SMILES string of the molecule is NCC1(CC2(c3ccc(Br)cc3)CC2)CC1. The van der Waals surface area contributed by atoms with E-state index in [9.17, 15) is 0 Å². The highest BCUT2D eigenvalue weighted by Crippen LogP contribution is 2.61. The number of nitrogens with two attached hydrogens (primary N) is 1. The maximum Gasteiger partial charge on any atom is 0.0175 e. The Morgan fingerprint density at radius 3 is 2.12 bits per heavy atom. The van der Waals surface area contributed by atoms with Crippen molar-refractivity contribution in [2.75, 3.05) is 6.54 Å². The minimum atomic E-state index is 0.483. The summed E-state index contributed by atoms with van der Waals surface area (Å²) in [6.45, 7) is 0.880. The molecule has 2 fully saturated rings. The molecule has 0 spiro atoms. The summed E-state index contributed by atoms with van der Waals surface area (Å²) in [4.78, 5) is 0. The van der Waals surface area contributed by atoms with E-state index in [1.165, 1.54) is 42.1 Å². The molecule has 2 saturated carbocycles. The third kappa shape index (κ3) is 1.82. The predicted octanol–water partition coefficient (Wildman–Crippen LogP) is 3.61. The highest BCUT2D eigenvalue weighted by molar-refractivity contribution is 9.10. The molecule has 1 aromatic carbocycles. The van der Waals surface area contributed by atoms with Crippen molar-refractivity contribution in [2.24, 2.45) is 11.1 Å². The standard InChI is InChI=1S/C14H18BrN/c15-12-3-1-11(2-4-12)14(7-8-14)9-13(10-16)5-6-13/h1-4H,5-10,16H2. The first-order valence-electron chi connectivity index (χ1n) is 6.14. The number of hydrogen-bond acceptors (Lipinski definition) is 1. The molecular formula is C14H18BrN. The van der Waals surface area contributed by atoms with Gasteiger partial charge in [0.2, 0.25) is 0 Å². The van der Waals surface area contributed by atoms with Crippen LogP contribution in [0.15, 0.2) is 28.7 Å². The summed E-state index contributed by atoms with van der Waals surface area (Å²) < 4.78 is 1.17. The Morgan fingerprint density at radius 1 is 1.06 bits per heavy atom. The van der Waals surface area contributed by atoms with Gasteiger partial charge in [-0.15, -0.1) is 0 Å². The number of rotatable bonds is 4. The van der Waals surface area contributed by atoms with Gasteiger partial charge in [0, 0.05) is 4.47 Å². The molecule has 0 amide bonds. The van der Waals surface area contributed by atoms with Crippen molar-refractivity contribution in [1.82, 2.24) is 0 Å². The summed E-state index contributed by atoms with van der Waals surface area (Å²) >= 11 is 3.50. The summed E-state index contributed by atoms with van der Waals surface area (Å²) in [7, 11) is 0. The van der Waals surface area contributed by atoms with Gasteiger partial charge in [-0.3, -0.25) is 0 Å². The topological polar surface area (TPSA) is 26.0 Å². The van der Waals surface area contributed by atoms with Crippen LogP contribution in [0.3, 0.4) is 0 Å². The maximum absolute atomic E-state index is 5.90. The van der Waals surface area contributed by atoms with E-state index in [0.29, 0.717) is 10.8 Å². The molecule has 0 aromatic heterocycles. The van der Waals surface area contributed by atoms with Crippen molar-refractivity contribution in [1.29, 1.82) is 0 Å². The van der Waals surface area contributed by atoms with Crippen molar-refractivity contribution >= 4 is 15.9 Å². The minimum absolute atomic E-state index is 0.483. The van der Waals surface area contributed by atoms with Gasteiger partial charge in [-0.05, 0) is 67.2 Å². The van der Waals surface area contributed by atoms with E-state index in [0.717, 1.165) is 6.54 Å². The molecule has 16 heavy (non-hydrogen) atoms. The molecule has 0 heterocycles. The normalized spacial score (nSPS) is 24.1. The second kappa shape index (κ2) is 3.58. The van der Waals surface area contributed by atoms with Gasteiger partial charge < -0.3 is 5.73 Å². The quantitative estimate of drug-likeness (QED) is 0.895. The molecule has 0 bridgehead atoms. The monoisotopic (exact) mass is 279 g/mol. The van der Waals surface area contributed by atoms with Crippen molar-refractivity contribution in [2.45, 2.75) is 37.5 Å². The molecule has 0 unspecified atom stereocenters. The molecule has 0 atom stereocenters. The van der Waals surface area contributed by atoms with Crippen LogP contribution in [0.4, 0.5) is 0 Å². The second-order valence-electron chi connectivity index (χ2n) is 5.67. The fourth-order valence-electron chi connectivity index (χ4n) is 2.87. The first-order valence-corrected chi connectivity index (χ1v) is 6.94. The Hall–Kier alpha value is -0.340. The van der Waals surface area contributed by atoms with Gasteiger partial charge in [-0.2, -0.15) is 0 Å². The van der Waals surface area contributed by atoms with E-state index in [4.69, 9.17) is 5.73 Å². The number of benzene rings is 1. The van der Waals surface area contributed by atoms with Crippen LogP contribution in [0.2, 0.25) is 0 Å². The Bertz CT molecular complexity index is 388. The molecule has 2 heteroatoms. The van der Waals surface area contributed by atoms with Gasteiger partial charge in [0.25, 0.3) is 0 Å². The van der Waals surface area contributed by atoms with Crippen LogP contribution in [-0.2, 0) is 5.41 Å². The van der Waals surface area contributed by atoms with Gasteiger partial charge in [-0.1, -0.05) is 28.1 Å². The summed E-state index contributed by atoms with van der Waals surface area (Å²) in [5.41, 5.74) is 8.41. The Morgan fingerprint density at radius 2 is 1.69 bits per heavy atom. The first kappa shape index (κ1) is 10.8. The summed E-state index contributed by atoms with van der Waals surface area (Å²) in [6, 6.07) is 8.89. The molecule has 3 rings (SSSR count). The highest BCUT2D eigenvalue weighted by Gasteiger charge is 2.53. The second-order valence-corrected chi connectivity index (χ2v) is 6.58. The predicted molar refractivity (Wildman–Crippen MR) is 70.4 cm³/mol. The molecule has 0 aliphatic heterocycles. The summed E-state index contributed by atoms with van der Waals surface area (Å²) in [5, 5.41) is 0. The zero-order chi connectivity index (χ0) is 11.2. The summed E-state index contributed by atoms with van der Waals surface area (Å²) in [5.74, 6) is 0. The van der Waals surface area contributed by atoms with Crippen LogP contribution in [0.5, 0.6) is 0 Å². The fraction of sp³-hybridized carbons (Fsp3) is 0.571. The lowest BCUT2D eigenvalue weighted by Crippen LogP contribution is -2.22. The van der Waals surface area contributed by atoms with E-state index in [-0.39, 0.29) is 0 Å². The average molecular weight is 280 g/mol. The lowest BCUT2D eigenvalue weighted by molar-refractivity contribution is 0.410. The smallest absolute Gasteiger partial charge is 0.0175 e. The van der Waals surface area contributed by atoms with Crippen molar-refractivity contribution < 1.29 is 0 Å². The Kier molecular flexibility index (Phi) is 2.41. The van der Waals surface area contributed by atoms with Crippen LogP contribution in [0.1, 0.15) is 37.7 Å². The van der Waals surface area contributed by atoms with Crippen LogP contribution in [0.25, 0.3) is 0 Å². The summed E-state index contributed by atoms with van der Waals surface area (Å²) in [6.07, 6.45) is 6.73. The van der Waals surface area contributed by atoms with Gasteiger partial charge in [0.15, 0.2) is 0 Å². The van der Waals surface area contributed by atoms with Crippen LogP contribution >= 0.6 is 15.9 Å². The van der Waals surface area contributed by atoms with Crippen molar-refractivity contribution in [3.63, 3.8) is 0 Å². The highest BCUT2D eigenvalue weighted by atomic mass is 79.9. The zero-order valence-corrected chi connectivity index (χ0v) is 11.1. The van der Waals surface area contributed by atoms with Crippen LogP contribution in [0, 0.1) is 5.41 Å².